The lowest BCUT2D eigenvalue weighted by Gasteiger charge is -2.08. The van der Waals surface area contributed by atoms with Crippen LogP contribution in [0, 0.1) is 0 Å². The fourth-order valence-electron chi connectivity index (χ4n) is 2.40. The van der Waals surface area contributed by atoms with Gasteiger partial charge in [0.15, 0.2) is 0 Å². The van der Waals surface area contributed by atoms with Crippen LogP contribution in [0.25, 0.3) is 10.8 Å². The Kier molecular flexibility index (Phi) is 6.98. The molecular weight excluding hydrogens is 430 g/mol. The summed E-state index contributed by atoms with van der Waals surface area (Å²) in [5.41, 5.74) is 0.951. The van der Waals surface area contributed by atoms with Crippen molar-refractivity contribution in [1.82, 2.24) is 9.71 Å². The standard InChI is InChI=1S/C19H19N3O6S2/c1-13(23)21-14-4-6-16(7-5-14)30(25,26)20-9-8-18(24)27-11-15-12-28-19(22-15)17-3-2-10-29-17/h2-7,10,12,20H,8-9,11H2,1H3,(H,21,23). The molecule has 0 spiro atoms. The van der Waals surface area contributed by atoms with Gasteiger partial charge in [0.1, 0.15) is 18.6 Å². The van der Waals surface area contributed by atoms with Gasteiger partial charge < -0.3 is 14.5 Å². The first-order valence-electron chi connectivity index (χ1n) is 8.85. The molecule has 0 saturated carbocycles. The zero-order valence-electron chi connectivity index (χ0n) is 16.0. The average Bonchev–Trinajstić information content (AvgIpc) is 3.38. The predicted octanol–water partition coefficient (Wildman–Crippen LogP) is 2.77. The number of hydrogen-bond donors (Lipinski definition) is 2. The molecule has 3 aromatic rings. The maximum absolute atomic E-state index is 12.3. The molecule has 9 nitrogen and oxygen atoms in total. The summed E-state index contributed by atoms with van der Waals surface area (Å²) in [5, 5.41) is 4.45. The number of thiophene rings is 1. The molecule has 2 heterocycles. The van der Waals surface area contributed by atoms with Crippen LogP contribution in [-0.4, -0.2) is 31.8 Å². The van der Waals surface area contributed by atoms with Crippen LogP contribution in [0.2, 0.25) is 0 Å². The van der Waals surface area contributed by atoms with Crippen molar-refractivity contribution in [2.75, 3.05) is 11.9 Å². The van der Waals surface area contributed by atoms with Gasteiger partial charge in [0.2, 0.25) is 21.8 Å². The number of esters is 1. The van der Waals surface area contributed by atoms with Crippen LogP contribution in [0.15, 0.2) is 57.4 Å². The first-order chi connectivity index (χ1) is 14.3. The number of aromatic nitrogens is 1. The smallest absolute Gasteiger partial charge is 0.307 e. The van der Waals surface area contributed by atoms with Crippen molar-refractivity contribution in [2.24, 2.45) is 0 Å². The van der Waals surface area contributed by atoms with E-state index in [4.69, 9.17) is 9.15 Å². The molecule has 0 fully saturated rings. The molecule has 0 saturated heterocycles. The van der Waals surface area contributed by atoms with Crippen LogP contribution in [0.4, 0.5) is 5.69 Å². The molecule has 3 rings (SSSR count). The van der Waals surface area contributed by atoms with E-state index in [1.54, 1.807) is 0 Å². The van der Waals surface area contributed by atoms with E-state index in [0.717, 1.165) is 4.88 Å². The Bertz CT molecular complexity index is 1110. The number of anilines is 1. The van der Waals surface area contributed by atoms with Crippen molar-refractivity contribution in [2.45, 2.75) is 24.8 Å². The third-order valence-corrected chi connectivity index (χ3v) is 6.11. The summed E-state index contributed by atoms with van der Waals surface area (Å²) >= 11 is 1.48. The highest BCUT2D eigenvalue weighted by Gasteiger charge is 2.15. The topological polar surface area (TPSA) is 128 Å². The molecular formula is C19H19N3O6S2. The van der Waals surface area contributed by atoms with E-state index in [-0.39, 0.29) is 30.4 Å². The van der Waals surface area contributed by atoms with Crippen molar-refractivity contribution >= 4 is 38.9 Å². The van der Waals surface area contributed by atoms with Gasteiger partial charge in [-0.3, -0.25) is 9.59 Å². The zero-order chi connectivity index (χ0) is 21.6. The summed E-state index contributed by atoms with van der Waals surface area (Å²) in [4.78, 5) is 28.0. The van der Waals surface area contributed by atoms with Gasteiger partial charge >= 0.3 is 5.97 Å². The number of carbonyl (C=O) groups is 2. The monoisotopic (exact) mass is 449 g/mol. The Labute approximate surface area is 177 Å². The summed E-state index contributed by atoms with van der Waals surface area (Å²) in [6, 6.07) is 9.43. The number of rotatable bonds is 9. The normalized spacial score (nSPS) is 11.2. The molecule has 2 aromatic heterocycles. The molecule has 1 aromatic carbocycles. The number of sulfonamides is 1. The molecule has 0 unspecified atom stereocenters. The van der Waals surface area contributed by atoms with Gasteiger partial charge in [-0.25, -0.2) is 18.1 Å². The minimum Gasteiger partial charge on any atom is -0.459 e. The van der Waals surface area contributed by atoms with E-state index in [9.17, 15) is 18.0 Å². The molecule has 0 atom stereocenters. The number of oxazole rings is 1. The molecule has 2 N–H and O–H groups in total. The first-order valence-corrected chi connectivity index (χ1v) is 11.2. The van der Waals surface area contributed by atoms with Gasteiger partial charge in [-0.1, -0.05) is 6.07 Å². The number of benzene rings is 1. The number of nitrogens with one attached hydrogen (secondary N) is 2. The van der Waals surface area contributed by atoms with Crippen molar-refractivity contribution in [3.05, 3.63) is 53.7 Å². The number of nitrogens with zero attached hydrogens (tertiary/aromatic N) is 1. The molecule has 158 valence electrons. The van der Waals surface area contributed by atoms with Gasteiger partial charge in [0.05, 0.1) is 16.2 Å². The Morgan fingerprint density at radius 3 is 2.63 bits per heavy atom. The fourth-order valence-corrected chi connectivity index (χ4v) is 4.09. The van der Waals surface area contributed by atoms with Crippen LogP contribution in [0.3, 0.4) is 0 Å². The second-order valence-corrected chi connectivity index (χ2v) is 8.85. The minimum atomic E-state index is -3.79. The highest BCUT2D eigenvalue weighted by molar-refractivity contribution is 7.89. The van der Waals surface area contributed by atoms with Gasteiger partial charge in [-0.2, -0.15) is 0 Å². The third kappa shape index (κ3) is 5.99. The Hall–Kier alpha value is -3.02. The number of carbonyl (C=O) groups excluding carboxylic acids is 2. The van der Waals surface area contributed by atoms with Crippen molar-refractivity contribution in [3.8, 4) is 10.8 Å². The van der Waals surface area contributed by atoms with E-state index >= 15 is 0 Å². The van der Waals surface area contributed by atoms with Crippen molar-refractivity contribution < 1.29 is 27.2 Å². The fraction of sp³-hybridized carbons (Fsp3) is 0.211. The van der Waals surface area contributed by atoms with Gasteiger partial charge in [-0.05, 0) is 35.7 Å². The van der Waals surface area contributed by atoms with Gasteiger partial charge in [0, 0.05) is 19.2 Å². The molecule has 0 aliphatic carbocycles. The third-order valence-electron chi connectivity index (χ3n) is 3.77. The number of amides is 1. The van der Waals surface area contributed by atoms with E-state index in [1.165, 1.54) is 48.8 Å². The predicted molar refractivity (Wildman–Crippen MR) is 110 cm³/mol. The second kappa shape index (κ2) is 9.65. The highest BCUT2D eigenvalue weighted by atomic mass is 32.2. The maximum atomic E-state index is 12.3. The summed E-state index contributed by atoms with van der Waals surface area (Å²) < 4.78 is 37.3. The molecule has 0 aliphatic rings. The average molecular weight is 450 g/mol. The van der Waals surface area contributed by atoms with Crippen molar-refractivity contribution in [1.29, 1.82) is 0 Å². The molecule has 0 aliphatic heterocycles. The van der Waals surface area contributed by atoms with E-state index < -0.39 is 16.0 Å². The van der Waals surface area contributed by atoms with Crippen molar-refractivity contribution in [3.63, 3.8) is 0 Å². The van der Waals surface area contributed by atoms with E-state index in [1.807, 2.05) is 17.5 Å². The lowest BCUT2D eigenvalue weighted by molar-refractivity contribution is -0.144. The van der Waals surface area contributed by atoms with E-state index in [2.05, 4.69) is 15.0 Å². The SMILES string of the molecule is CC(=O)Nc1ccc(S(=O)(=O)NCCC(=O)OCc2coc(-c3cccs3)n2)cc1. The zero-order valence-corrected chi connectivity index (χ0v) is 17.6. The minimum absolute atomic E-state index is 0.0219. The molecule has 0 radical (unpaired) electrons. The lowest BCUT2D eigenvalue weighted by atomic mass is 10.3. The van der Waals surface area contributed by atoms with Crippen LogP contribution in [0.5, 0.6) is 0 Å². The summed E-state index contributed by atoms with van der Waals surface area (Å²) in [6.45, 7) is 1.18. The highest BCUT2D eigenvalue weighted by Crippen LogP contribution is 2.23. The van der Waals surface area contributed by atoms with Crippen LogP contribution in [0.1, 0.15) is 19.0 Å². The molecule has 30 heavy (non-hydrogen) atoms. The summed E-state index contributed by atoms with van der Waals surface area (Å²) in [6.07, 6.45) is 1.27. The number of hydrogen-bond acceptors (Lipinski definition) is 8. The summed E-state index contributed by atoms with van der Waals surface area (Å²) in [7, 11) is -3.79. The largest absolute Gasteiger partial charge is 0.459 e. The molecule has 1 amide bonds. The summed E-state index contributed by atoms with van der Waals surface area (Å²) in [5.74, 6) is -0.372. The van der Waals surface area contributed by atoms with E-state index in [0.29, 0.717) is 17.3 Å². The van der Waals surface area contributed by atoms with Crippen LogP contribution < -0.4 is 10.0 Å². The Morgan fingerprint density at radius 1 is 1.20 bits per heavy atom. The molecule has 0 bridgehead atoms. The number of ether oxygens (including phenoxy) is 1. The maximum Gasteiger partial charge on any atom is 0.307 e. The Balaban J connectivity index is 1.44. The molecule has 11 heteroatoms. The Morgan fingerprint density at radius 2 is 1.97 bits per heavy atom. The van der Waals surface area contributed by atoms with Gasteiger partial charge in [0.25, 0.3) is 0 Å². The lowest BCUT2D eigenvalue weighted by Crippen LogP contribution is -2.26. The second-order valence-electron chi connectivity index (χ2n) is 6.14. The quantitative estimate of drug-likeness (QED) is 0.481. The first kappa shape index (κ1) is 21.7. The van der Waals surface area contributed by atoms with Gasteiger partial charge in [-0.15, -0.1) is 11.3 Å². The van der Waals surface area contributed by atoms with Crippen LogP contribution in [-0.2, 0) is 31.0 Å². The van der Waals surface area contributed by atoms with Crippen LogP contribution >= 0.6 is 11.3 Å².